The second kappa shape index (κ2) is 6.95. The van der Waals surface area contributed by atoms with E-state index in [0.717, 1.165) is 30.0 Å². The van der Waals surface area contributed by atoms with Crippen molar-refractivity contribution < 1.29 is 4.79 Å². The van der Waals surface area contributed by atoms with Crippen LogP contribution in [0.1, 0.15) is 22.7 Å². The smallest absolute Gasteiger partial charge is 0.269 e. The van der Waals surface area contributed by atoms with Crippen molar-refractivity contribution in [1.29, 1.82) is 0 Å². The molecule has 1 aliphatic heterocycles. The number of carbonyl (C=O) groups is 1. The quantitative estimate of drug-likeness (QED) is 0.755. The molecule has 0 radical (unpaired) electrons. The van der Waals surface area contributed by atoms with Crippen molar-refractivity contribution in [3.8, 4) is 11.3 Å². The molecule has 1 atom stereocenters. The molecule has 0 bridgehead atoms. The standard InChI is InChI=1S/C19H20N6O/c1-13-21-11-17(22-13)18(26)23-15-8-10-25(12-15)19-20-9-7-16(24-19)14-5-3-2-4-6-14/h2-7,9,11,15H,8,10,12H2,1H3,(H,21,22)(H,23,26). The Morgan fingerprint density at radius 2 is 2.08 bits per heavy atom. The van der Waals surface area contributed by atoms with Gasteiger partial charge in [0.25, 0.3) is 5.91 Å². The van der Waals surface area contributed by atoms with Gasteiger partial charge in [0, 0.05) is 30.9 Å². The van der Waals surface area contributed by atoms with Crippen molar-refractivity contribution in [3.05, 3.63) is 60.3 Å². The van der Waals surface area contributed by atoms with Gasteiger partial charge in [-0.1, -0.05) is 30.3 Å². The molecule has 0 spiro atoms. The summed E-state index contributed by atoms with van der Waals surface area (Å²) in [6, 6.07) is 12.0. The van der Waals surface area contributed by atoms with Gasteiger partial charge in [-0.25, -0.2) is 15.0 Å². The van der Waals surface area contributed by atoms with Crippen LogP contribution in [0.15, 0.2) is 48.8 Å². The fourth-order valence-electron chi connectivity index (χ4n) is 3.13. The van der Waals surface area contributed by atoms with E-state index >= 15 is 0 Å². The molecule has 1 amide bonds. The van der Waals surface area contributed by atoms with Crippen LogP contribution in [0.4, 0.5) is 5.95 Å². The molecule has 3 heterocycles. The molecular formula is C19H20N6O. The first-order chi connectivity index (χ1) is 12.7. The normalized spacial score (nSPS) is 16.7. The summed E-state index contributed by atoms with van der Waals surface area (Å²) in [5, 5.41) is 3.05. The number of hydrogen-bond donors (Lipinski definition) is 2. The first-order valence-electron chi connectivity index (χ1n) is 8.65. The topological polar surface area (TPSA) is 86.8 Å². The maximum absolute atomic E-state index is 12.3. The Morgan fingerprint density at radius 1 is 1.23 bits per heavy atom. The molecule has 7 heteroatoms. The van der Waals surface area contributed by atoms with Crippen LogP contribution in [0.2, 0.25) is 0 Å². The minimum atomic E-state index is -0.128. The van der Waals surface area contributed by atoms with Gasteiger partial charge in [-0.05, 0) is 19.4 Å². The number of hydrogen-bond acceptors (Lipinski definition) is 5. The lowest BCUT2D eigenvalue weighted by Crippen LogP contribution is -2.37. The lowest BCUT2D eigenvalue weighted by molar-refractivity contribution is 0.0935. The van der Waals surface area contributed by atoms with Crippen LogP contribution in [0.25, 0.3) is 11.3 Å². The van der Waals surface area contributed by atoms with Crippen molar-refractivity contribution in [2.24, 2.45) is 0 Å². The highest BCUT2D eigenvalue weighted by molar-refractivity contribution is 5.92. The molecule has 0 saturated carbocycles. The highest BCUT2D eigenvalue weighted by Crippen LogP contribution is 2.21. The highest BCUT2D eigenvalue weighted by Gasteiger charge is 2.26. The van der Waals surface area contributed by atoms with E-state index in [9.17, 15) is 4.79 Å². The summed E-state index contributed by atoms with van der Waals surface area (Å²) in [7, 11) is 0. The Kier molecular flexibility index (Phi) is 4.35. The third-order valence-corrected chi connectivity index (χ3v) is 4.47. The summed E-state index contributed by atoms with van der Waals surface area (Å²) >= 11 is 0. The number of anilines is 1. The predicted molar refractivity (Wildman–Crippen MR) is 98.9 cm³/mol. The maximum Gasteiger partial charge on any atom is 0.269 e. The van der Waals surface area contributed by atoms with Crippen LogP contribution in [0.3, 0.4) is 0 Å². The maximum atomic E-state index is 12.3. The molecule has 7 nitrogen and oxygen atoms in total. The molecule has 4 rings (SSSR count). The monoisotopic (exact) mass is 348 g/mol. The van der Waals surface area contributed by atoms with E-state index in [1.807, 2.05) is 43.3 Å². The van der Waals surface area contributed by atoms with E-state index < -0.39 is 0 Å². The number of rotatable bonds is 4. The van der Waals surface area contributed by atoms with Gasteiger partial charge in [-0.2, -0.15) is 0 Å². The fraction of sp³-hybridized carbons (Fsp3) is 0.263. The molecule has 2 N–H and O–H groups in total. The first-order valence-corrected chi connectivity index (χ1v) is 8.65. The summed E-state index contributed by atoms with van der Waals surface area (Å²) in [6.07, 6.45) is 4.20. The summed E-state index contributed by atoms with van der Waals surface area (Å²) in [6.45, 7) is 3.33. The molecular weight excluding hydrogens is 328 g/mol. The van der Waals surface area contributed by atoms with Crippen LogP contribution in [0.5, 0.6) is 0 Å². The first kappa shape index (κ1) is 16.3. The summed E-state index contributed by atoms with van der Waals surface area (Å²) in [4.78, 5) is 30.5. The van der Waals surface area contributed by atoms with Crippen molar-refractivity contribution in [2.45, 2.75) is 19.4 Å². The average molecular weight is 348 g/mol. The Balaban J connectivity index is 1.43. The molecule has 26 heavy (non-hydrogen) atoms. The lowest BCUT2D eigenvalue weighted by atomic mass is 10.1. The summed E-state index contributed by atoms with van der Waals surface area (Å²) in [5.74, 6) is 1.30. The molecule has 3 aromatic rings. The van der Waals surface area contributed by atoms with E-state index in [2.05, 4.69) is 30.2 Å². The van der Waals surface area contributed by atoms with E-state index in [0.29, 0.717) is 18.2 Å². The van der Waals surface area contributed by atoms with Gasteiger partial charge < -0.3 is 15.2 Å². The predicted octanol–water partition coefficient (Wildman–Crippen LogP) is 2.18. The number of aromatic nitrogens is 4. The number of aromatic amines is 1. The lowest BCUT2D eigenvalue weighted by Gasteiger charge is -2.17. The van der Waals surface area contributed by atoms with Gasteiger partial charge >= 0.3 is 0 Å². The number of aryl methyl sites for hydroxylation is 1. The largest absolute Gasteiger partial charge is 0.346 e. The second-order valence-corrected chi connectivity index (χ2v) is 6.40. The average Bonchev–Trinajstić information content (AvgIpc) is 3.32. The Labute approximate surface area is 151 Å². The molecule has 1 aliphatic rings. The third kappa shape index (κ3) is 3.42. The minimum absolute atomic E-state index is 0.0649. The van der Waals surface area contributed by atoms with Crippen LogP contribution < -0.4 is 10.2 Å². The molecule has 132 valence electrons. The van der Waals surface area contributed by atoms with Gasteiger partial charge in [0.15, 0.2) is 0 Å². The zero-order valence-electron chi connectivity index (χ0n) is 14.5. The van der Waals surface area contributed by atoms with Gasteiger partial charge in [-0.3, -0.25) is 4.79 Å². The Morgan fingerprint density at radius 3 is 2.85 bits per heavy atom. The van der Waals surface area contributed by atoms with Gasteiger partial charge in [0.2, 0.25) is 5.95 Å². The zero-order chi connectivity index (χ0) is 17.9. The number of amides is 1. The molecule has 2 aromatic heterocycles. The van der Waals surface area contributed by atoms with Crippen LogP contribution >= 0.6 is 0 Å². The Hall–Kier alpha value is -3.22. The van der Waals surface area contributed by atoms with E-state index in [1.54, 1.807) is 12.4 Å². The van der Waals surface area contributed by atoms with Crippen LogP contribution in [-0.4, -0.2) is 45.0 Å². The van der Waals surface area contributed by atoms with Crippen LogP contribution in [0, 0.1) is 6.92 Å². The Bertz CT molecular complexity index is 907. The van der Waals surface area contributed by atoms with E-state index in [4.69, 9.17) is 0 Å². The number of imidazole rings is 1. The highest BCUT2D eigenvalue weighted by atomic mass is 16.2. The van der Waals surface area contributed by atoms with Crippen molar-refractivity contribution in [3.63, 3.8) is 0 Å². The molecule has 1 fully saturated rings. The third-order valence-electron chi connectivity index (χ3n) is 4.47. The van der Waals surface area contributed by atoms with Crippen molar-refractivity contribution >= 4 is 11.9 Å². The minimum Gasteiger partial charge on any atom is -0.346 e. The van der Waals surface area contributed by atoms with Gasteiger partial charge in [-0.15, -0.1) is 0 Å². The molecule has 1 unspecified atom stereocenters. The van der Waals surface area contributed by atoms with E-state index in [-0.39, 0.29) is 11.9 Å². The van der Waals surface area contributed by atoms with Crippen molar-refractivity contribution in [2.75, 3.05) is 18.0 Å². The zero-order valence-corrected chi connectivity index (χ0v) is 14.5. The molecule has 1 saturated heterocycles. The van der Waals surface area contributed by atoms with Gasteiger partial charge in [0.05, 0.1) is 11.9 Å². The SMILES string of the molecule is Cc1ncc(C(=O)NC2CCN(c3nccc(-c4ccccc4)n3)C2)[nH]1. The van der Waals surface area contributed by atoms with Gasteiger partial charge in [0.1, 0.15) is 11.5 Å². The number of nitrogens with zero attached hydrogens (tertiary/aromatic N) is 4. The van der Waals surface area contributed by atoms with Crippen molar-refractivity contribution in [1.82, 2.24) is 25.3 Å². The van der Waals surface area contributed by atoms with Crippen LogP contribution in [-0.2, 0) is 0 Å². The summed E-state index contributed by atoms with van der Waals surface area (Å²) < 4.78 is 0. The number of benzene rings is 1. The number of nitrogens with one attached hydrogen (secondary N) is 2. The molecule has 0 aliphatic carbocycles. The number of H-pyrrole nitrogens is 1. The fourth-order valence-corrected chi connectivity index (χ4v) is 3.13. The summed E-state index contributed by atoms with van der Waals surface area (Å²) in [5.41, 5.74) is 2.45. The molecule has 1 aromatic carbocycles. The number of carbonyl (C=O) groups excluding carboxylic acids is 1. The second-order valence-electron chi connectivity index (χ2n) is 6.40. The van der Waals surface area contributed by atoms with E-state index in [1.165, 1.54) is 0 Å².